The summed E-state index contributed by atoms with van der Waals surface area (Å²) in [7, 11) is 0. The van der Waals surface area contributed by atoms with E-state index in [1.54, 1.807) is 42.5 Å². The Balaban J connectivity index is 1.54. The van der Waals surface area contributed by atoms with Crippen LogP contribution in [0.2, 0.25) is 5.02 Å². The highest BCUT2D eigenvalue weighted by Gasteiger charge is 2.33. The highest BCUT2D eigenvalue weighted by Crippen LogP contribution is 2.44. The molecule has 4 aromatic rings. The summed E-state index contributed by atoms with van der Waals surface area (Å²) in [4.78, 5) is 26.7. The standard InChI is InChI=1S/C27H18ClNO3/c28-18-14-15-22(21(16-18)26(30)17-8-2-1-3-9-17)29-27(31)25-19-10-4-6-12-23(19)32-24-13-7-5-11-20(24)25/h1-16,25H,(H,29,31). The van der Waals surface area contributed by atoms with E-state index in [4.69, 9.17) is 16.3 Å². The summed E-state index contributed by atoms with van der Waals surface area (Å²) in [6, 6.07) is 28.8. The molecular weight excluding hydrogens is 422 g/mol. The zero-order valence-electron chi connectivity index (χ0n) is 16.9. The van der Waals surface area contributed by atoms with Crippen molar-refractivity contribution in [2.45, 2.75) is 5.92 Å². The van der Waals surface area contributed by atoms with Crippen molar-refractivity contribution in [2.75, 3.05) is 5.32 Å². The first kappa shape index (κ1) is 20.0. The zero-order valence-corrected chi connectivity index (χ0v) is 17.7. The third-order valence-corrected chi connectivity index (χ3v) is 5.70. The number of hydrogen-bond donors (Lipinski definition) is 1. The number of halogens is 1. The average molecular weight is 440 g/mol. The maximum absolute atomic E-state index is 13.6. The largest absolute Gasteiger partial charge is 0.457 e. The molecule has 0 radical (unpaired) electrons. The first-order chi connectivity index (χ1) is 15.6. The summed E-state index contributed by atoms with van der Waals surface area (Å²) in [5.74, 6) is 0.242. The molecule has 0 atom stereocenters. The first-order valence-corrected chi connectivity index (χ1v) is 10.6. The Hall–Kier alpha value is -3.89. The first-order valence-electron chi connectivity index (χ1n) is 10.2. The molecule has 0 bridgehead atoms. The van der Waals surface area contributed by atoms with Gasteiger partial charge in [0.25, 0.3) is 0 Å². The second-order valence-corrected chi connectivity index (χ2v) is 7.92. The lowest BCUT2D eigenvalue weighted by molar-refractivity contribution is -0.116. The fourth-order valence-corrected chi connectivity index (χ4v) is 4.13. The van der Waals surface area contributed by atoms with Crippen LogP contribution in [0.1, 0.15) is 33.0 Å². The number of anilines is 1. The molecule has 5 rings (SSSR count). The molecule has 1 aliphatic rings. The fraction of sp³-hybridized carbons (Fsp3) is 0.0370. The number of fused-ring (bicyclic) bond motifs is 2. The summed E-state index contributed by atoms with van der Waals surface area (Å²) in [6.07, 6.45) is 0. The number of benzene rings is 4. The number of rotatable bonds is 4. The summed E-state index contributed by atoms with van der Waals surface area (Å²) in [5.41, 5.74) is 2.81. The number of ether oxygens (including phenoxy) is 1. The Morgan fingerprint density at radius 1 is 0.750 bits per heavy atom. The SMILES string of the molecule is O=C(c1ccccc1)c1cc(Cl)ccc1NC(=O)C1c2ccccc2Oc2ccccc21. The molecular formula is C27H18ClNO3. The summed E-state index contributed by atoms with van der Waals surface area (Å²) in [5, 5.41) is 3.39. The van der Waals surface area contributed by atoms with E-state index in [1.807, 2.05) is 54.6 Å². The van der Waals surface area contributed by atoms with E-state index in [0.29, 0.717) is 33.3 Å². The minimum atomic E-state index is -0.577. The monoisotopic (exact) mass is 439 g/mol. The normalized spacial score (nSPS) is 12.3. The molecule has 0 saturated heterocycles. The lowest BCUT2D eigenvalue weighted by atomic mass is 9.87. The summed E-state index contributed by atoms with van der Waals surface area (Å²) in [6.45, 7) is 0. The molecule has 0 unspecified atom stereocenters. The number of hydrogen-bond acceptors (Lipinski definition) is 3. The molecule has 4 aromatic carbocycles. The van der Waals surface area contributed by atoms with Gasteiger partial charge in [-0.2, -0.15) is 0 Å². The molecule has 32 heavy (non-hydrogen) atoms. The minimum Gasteiger partial charge on any atom is -0.457 e. The third kappa shape index (κ3) is 3.66. The van der Waals surface area contributed by atoms with Crippen molar-refractivity contribution >= 4 is 29.0 Å². The van der Waals surface area contributed by atoms with Crippen molar-refractivity contribution in [1.82, 2.24) is 0 Å². The fourth-order valence-electron chi connectivity index (χ4n) is 3.96. The van der Waals surface area contributed by atoms with E-state index in [1.165, 1.54) is 0 Å². The third-order valence-electron chi connectivity index (χ3n) is 5.46. The molecule has 156 valence electrons. The Bertz CT molecular complexity index is 1290. The van der Waals surface area contributed by atoms with Gasteiger partial charge in [-0.1, -0.05) is 78.3 Å². The molecule has 0 aliphatic carbocycles. The van der Waals surface area contributed by atoms with Crippen LogP contribution in [0.15, 0.2) is 97.1 Å². The second-order valence-electron chi connectivity index (χ2n) is 7.49. The maximum atomic E-state index is 13.6. The minimum absolute atomic E-state index is 0.212. The lowest BCUT2D eigenvalue weighted by Gasteiger charge is -2.27. The molecule has 0 spiro atoms. The number of ketones is 1. The van der Waals surface area contributed by atoms with Gasteiger partial charge in [-0.05, 0) is 30.3 Å². The smallest absolute Gasteiger partial charge is 0.236 e. The lowest BCUT2D eigenvalue weighted by Crippen LogP contribution is -2.26. The average Bonchev–Trinajstić information content (AvgIpc) is 2.83. The van der Waals surface area contributed by atoms with E-state index in [2.05, 4.69) is 5.32 Å². The van der Waals surface area contributed by atoms with E-state index in [-0.39, 0.29) is 11.7 Å². The van der Waals surface area contributed by atoms with Gasteiger partial charge in [0.2, 0.25) is 5.91 Å². The van der Waals surface area contributed by atoms with Crippen LogP contribution in [-0.4, -0.2) is 11.7 Å². The Labute approximate surface area is 190 Å². The van der Waals surface area contributed by atoms with Gasteiger partial charge in [-0.15, -0.1) is 0 Å². The molecule has 1 aliphatic heterocycles. The van der Waals surface area contributed by atoms with E-state index in [0.717, 1.165) is 11.1 Å². The number of carbonyl (C=O) groups excluding carboxylic acids is 2. The predicted octanol–water partition coefficient (Wildman–Crippen LogP) is 6.45. The summed E-state index contributed by atoms with van der Waals surface area (Å²) < 4.78 is 5.99. The van der Waals surface area contributed by atoms with Crippen LogP contribution in [0.3, 0.4) is 0 Å². The van der Waals surface area contributed by atoms with Crippen molar-refractivity contribution in [3.63, 3.8) is 0 Å². The van der Waals surface area contributed by atoms with Gasteiger partial charge < -0.3 is 10.1 Å². The van der Waals surface area contributed by atoms with Crippen LogP contribution in [0.4, 0.5) is 5.69 Å². The molecule has 1 heterocycles. The molecule has 0 saturated carbocycles. The Morgan fingerprint density at radius 3 is 2.00 bits per heavy atom. The number of nitrogens with one attached hydrogen (secondary N) is 1. The van der Waals surface area contributed by atoms with Gasteiger partial charge in [0.1, 0.15) is 11.5 Å². The van der Waals surface area contributed by atoms with Crippen LogP contribution in [0.5, 0.6) is 11.5 Å². The molecule has 0 fully saturated rings. The van der Waals surface area contributed by atoms with Crippen LogP contribution in [0, 0.1) is 0 Å². The maximum Gasteiger partial charge on any atom is 0.236 e. The van der Waals surface area contributed by atoms with E-state index < -0.39 is 5.92 Å². The summed E-state index contributed by atoms with van der Waals surface area (Å²) >= 11 is 6.19. The highest BCUT2D eigenvalue weighted by molar-refractivity contribution is 6.31. The molecule has 1 N–H and O–H groups in total. The zero-order chi connectivity index (χ0) is 22.1. The quantitative estimate of drug-likeness (QED) is 0.372. The molecule has 5 heteroatoms. The van der Waals surface area contributed by atoms with Crippen molar-refractivity contribution in [3.05, 3.63) is 124 Å². The molecule has 4 nitrogen and oxygen atoms in total. The topological polar surface area (TPSA) is 55.4 Å². The molecule has 0 aromatic heterocycles. The Kier molecular flexibility index (Phi) is 5.21. The predicted molar refractivity (Wildman–Crippen MR) is 125 cm³/mol. The van der Waals surface area contributed by atoms with Crippen LogP contribution in [-0.2, 0) is 4.79 Å². The Morgan fingerprint density at radius 2 is 1.34 bits per heavy atom. The van der Waals surface area contributed by atoms with Crippen LogP contribution < -0.4 is 10.1 Å². The highest BCUT2D eigenvalue weighted by atomic mass is 35.5. The van der Waals surface area contributed by atoms with Crippen molar-refractivity contribution in [2.24, 2.45) is 0 Å². The van der Waals surface area contributed by atoms with Gasteiger partial charge in [0.15, 0.2) is 5.78 Å². The van der Waals surface area contributed by atoms with Gasteiger partial charge >= 0.3 is 0 Å². The van der Waals surface area contributed by atoms with Crippen molar-refractivity contribution < 1.29 is 14.3 Å². The number of amides is 1. The second kappa shape index (κ2) is 8.33. The molecule has 1 amide bonds. The van der Waals surface area contributed by atoms with Crippen LogP contribution >= 0.6 is 11.6 Å². The van der Waals surface area contributed by atoms with Gasteiger partial charge in [0.05, 0.1) is 11.6 Å². The van der Waals surface area contributed by atoms with Crippen LogP contribution in [0.25, 0.3) is 0 Å². The van der Waals surface area contributed by atoms with Crippen molar-refractivity contribution in [1.29, 1.82) is 0 Å². The van der Waals surface area contributed by atoms with Gasteiger partial charge in [0, 0.05) is 27.3 Å². The van der Waals surface area contributed by atoms with Gasteiger partial charge in [-0.25, -0.2) is 0 Å². The van der Waals surface area contributed by atoms with Crippen molar-refractivity contribution in [3.8, 4) is 11.5 Å². The van der Waals surface area contributed by atoms with E-state index in [9.17, 15) is 9.59 Å². The van der Waals surface area contributed by atoms with Gasteiger partial charge in [-0.3, -0.25) is 9.59 Å². The number of para-hydroxylation sites is 2. The van der Waals surface area contributed by atoms with E-state index >= 15 is 0 Å². The number of carbonyl (C=O) groups is 2.